The lowest BCUT2D eigenvalue weighted by molar-refractivity contribution is 0.585. The summed E-state index contributed by atoms with van der Waals surface area (Å²) >= 11 is 5.95. The zero-order valence-corrected chi connectivity index (χ0v) is 8.85. The van der Waals surface area contributed by atoms with Gasteiger partial charge in [0.2, 0.25) is 0 Å². The van der Waals surface area contributed by atoms with E-state index in [0.717, 1.165) is 5.30 Å². The molecular weight excluding hydrogens is 191 g/mol. The highest BCUT2D eigenvalue weighted by Crippen LogP contribution is 2.54. The van der Waals surface area contributed by atoms with Crippen LogP contribution in [0, 0.1) is 0 Å². The molecule has 0 aromatic heterocycles. The minimum atomic E-state index is -2.64. The van der Waals surface area contributed by atoms with Crippen molar-refractivity contribution in [2.75, 3.05) is 0 Å². The lowest BCUT2D eigenvalue weighted by Gasteiger charge is -2.13. The molecule has 1 aromatic rings. The van der Waals surface area contributed by atoms with Gasteiger partial charge in [-0.2, -0.15) is 0 Å². The Morgan fingerprint density at radius 1 is 1.25 bits per heavy atom. The third kappa shape index (κ3) is 1.91. The monoisotopic (exact) mass is 202 g/mol. The molecule has 0 heterocycles. The number of hydrogen-bond acceptors (Lipinski definition) is 1. The number of benzene rings is 1. The molecule has 0 aliphatic rings. The van der Waals surface area contributed by atoms with Gasteiger partial charge in [0.25, 0.3) is 0 Å². The number of rotatable bonds is 2. The summed E-state index contributed by atoms with van der Waals surface area (Å²) in [6, 6.07) is 9.22. The van der Waals surface area contributed by atoms with Crippen molar-refractivity contribution in [2.45, 2.75) is 19.5 Å². The van der Waals surface area contributed by atoms with Crippen molar-refractivity contribution in [3.63, 3.8) is 0 Å². The summed E-state index contributed by atoms with van der Waals surface area (Å²) in [5.41, 5.74) is 0.00145. The first-order valence-corrected chi connectivity index (χ1v) is 6.58. The maximum Gasteiger partial charge on any atom is 0.199 e. The normalized spacial score (nSPS) is 16.0. The highest BCUT2D eigenvalue weighted by atomic mass is 35.7. The molecule has 3 heteroatoms. The highest BCUT2D eigenvalue weighted by molar-refractivity contribution is 7.95. The van der Waals surface area contributed by atoms with E-state index in [9.17, 15) is 4.57 Å². The van der Waals surface area contributed by atoms with Crippen LogP contribution in [0.15, 0.2) is 30.3 Å². The van der Waals surface area contributed by atoms with Gasteiger partial charge in [0.1, 0.15) is 0 Å². The minimum Gasteiger partial charge on any atom is -0.301 e. The molecule has 12 heavy (non-hydrogen) atoms. The van der Waals surface area contributed by atoms with E-state index in [2.05, 4.69) is 0 Å². The Kier molecular flexibility index (Phi) is 2.98. The Morgan fingerprint density at radius 3 is 2.17 bits per heavy atom. The summed E-state index contributed by atoms with van der Waals surface area (Å²) in [7, 11) is 0. The molecule has 0 spiro atoms. The number of halogens is 1. The average molecular weight is 203 g/mol. The van der Waals surface area contributed by atoms with E-state index >= 15 is 0 Å². The van der Waals surface area contributed by atoms with Crippen molar-refractivity contribution in [3.05, 3.63) is 30.3 Å². The fourth-order valence-corrected chi connectivity index (χ4v) is 2.44. The van der Waals surface area contributed by atoms with E-state index in [1.807, 2.05) is 44.2 Å². The molecular formula is C9H12ClOP. The Labute approximate surface area is 77.9 Å². The second kappa shape index (κ2) is 3.64. The Morgan fingerprint density at radius 2 is 1.75 bits per heavy atom. The first kappa shape index (κ1) is 9.83. The topological polar surface area (TPSA) is 17.1 Å². The summed E-state index contributed by atoms with van der Waals surface area (Å²) in [4.78, 5) is 0. The Hall–Kier alpha value is -0.260. The van der Waals surface area contributed by atoms with Crippen molar-refractivity contribution >= 4 is 23.0 Å². The van der Waals surface area contributed by atoms with Gasteiger partial charge in [-0.1, -0.05) is 44.2 Å². The summed E-state index contributed by atoms with van der Waals surface area (Å²) < 4.78 is 11.9. The predicted molar refractivity (Wildman–Crippen MR) is 54.7 cm³/mol. The zero-order chi connectivity index (χ0) is 9.19. The van der Waals surface area contributed by atoms with Gasteiger partial charge in [0, 0.05) is 11.0 Å². The Balaban J connectivity index is 3.07. The molecule has 0 bridgehead atoms. The molecule has 0 saturated carbocycles. The van der Waals surface area contributed by atoms with Crippen LogP contribution in [-0.4, -0.2) is 5.66 Å². The quantitative estimate of drug-likeness (QED) is 0.673. The average Bonchev–Trinajstić information content (AvgIpc) is 2.06. The zero-order valence-electron chi connectivity index (χ0n) is 7.20. The highest BCUT2D eigenvalue weighted by Gasteiger charge is 2.24. The lowest BCUT2D eigenvalue weighted by Crippen LogP contribution is -2.07. The van der Waals surface area contributed by atoms with Crippen molar-refractivity contribution in [1.29, 1.82) is 0 Å². The van der Waals surface area contributed by atoms with E-state index in [1.54, 1.807) is 0 Å². The lowest BCUT2D eigenvalue weighted by atomic mass is 10.4. The van der Waals surface area contributed by atoms with Gasteiger partial charge in [0.15, 0.2) is 6.49 Å². The molecule has 1 nitrogen and oxygen atoms in total. The molecule has 0 radical (unpaired) electrons. The summed E-state index contributed by atoms with van der Waals surface area (Å²) in [5, 5.41) is 0.752. The third-order valence-electron chi connectivity index (χ3n) is 1.77. The molecule has 0 saturated heterocycles. The van der Waals surface area contributed by atoms with E-state index < -0.39 is 6.49 Å². The molecule has 0 aliphatic heterocycles. The molecule has 66 valence electrons. The van der Waals surface area contributed by atoms with Gasteiger partial charge in [-0.05, 0) is 11.2 Å². The van der Waals surface area contributed by atoms with Crippen LogP contribution in [0.4, 0.5) is 0 Å². The van der Waals surface area contributed by atoms with Crippen LogP contribution in [0.2, 0.25) is 0 Å². The third-order valence-corrected chi connectivity index (χ3v) is 5.86. The van der Waals surface area contributed by atoms with E-state index in [-0.39, 0.29) is 5.66 Å². The van der Waals surface area contributed by atoms with E-state index in [0.29, 0.717) is 0 Å². The molecule has 1 rings (SSSR count). The van der Waals surface area contributed by atoms with Crippen LogP contribution >= 0.6 is 17.7 Å². The molecule has 1 aromatic carbocycles. The van der Waals surface area contributed by atoms with Crippen LogP contribution in [0.3, 0.4) is 0 Å². The van der Waals surface area contributed by atoms with Crippen LogP contribution in [0.5, 0.6) is 0 Å². The van der Waals surface area contributed by atoms with Crippen molar-refractivity contribution in [1.82, 2.24) is 0 Å². The summed E-state index contributed by atoms with van der Waals surface area (Å²) in [5.74, 6) is 0. The smallest absolute Gasteiger partial charge is 0.199 e. The summed E-state index contributed by atoms with van der Waals surface area (Å²) in [6.45, 7) is 1.11. The van der Waals surface area contributed by atoms with Gasteiger partial charge in [-0.15, -0.1) is 0 Å². The second-order valence-corrected chi connectivity index (χ2v) is 7.22. The molecule has 0 N–H and O–H groups in total. The Bertz CT molecular complexity index is 295. The van der Waals surface area contributed by atoms with Gasteiger partial charge in [-0.25, -0.2) is 0 Å². The maximum atomic E-state index is 11.9. The van der Waals surface area contributed by atoms with Gasteiger partial charge >= 0.3 is 0 Å². The fraction of sp³-hybridized carbons (Fsp3) is 0.333. The second-order valence-electron chi connectivity index (χ2n) is 3.01. The van der Waals surface area contributed by atoms with Crippen LogP contribution in [0.25, 0.3) is 0 Å². The van der Waals surface area contributed by atoms with Gasteiger partial charge in [0.05, 0.1) is 0 Å². The van der Waals surface area contributed by atoms with Crippen LogP contribution in [-0.2, 0) is 4.57 Å². The molecule has 1 unspecified atom stereocenters. The molecule has 0 fully saturated rings. The van der Waals surface area contributed by atoms with Crippen molar-refractivity contribution in [2.24, 2.45) is 0 Å². The fourth-order valence-electron chi connectivity index (χ4n) is 0.929. The largest absolute Gasteiger partial charge is 0.301 e. The van der Waals surface area contributed by atoms with E-state index in [1.165, 1.54) is 0 Å². The maximum absolute atomic E-state index is 11.9. The molecule has 1 atom stereocenters. The first-order chi connectivity index (χ1) is 5.55. The standard InChI is InChI=1S/C9H12ClOP/c1-8(2)12(10,11)9-6-4-3-5-7-9/h3-8H,1-2H3. The van der Waals surface area contributed by atoms with Crippen LogP contribution < -0.4 is 5.30 Å². The molecule has 0 aliphatic carbocycles. The molecule has 0 amide bonds. The first-order valence-electron chi connectivity index (χ1n) is 3.90. The van der Waals surface area contributed by atoms with Crippen molar-refractivity contribution < 1.29 is 4.57 Å². The summed E-state index contributed by atoms with van der Waals surface area (Å²) in [6.07, 6.45) is 0. The van der Waals surface area contributed by atoms with Gasteiger partial charge in [-0.3, -0.25) is 0 Å². The van der Waals surface area contributed by atoms with Crippen LogP contribution in [0.1, 0.15) is 13.8 Å². The van der Waals surface area contributed by atoms with E-state index in [4.69, 9.17) is 11.2 Å². The van der Waals surface area contributed by atoms with Crippen molar-refractivity contribution in [3.8, 4) is 0 Å². The number of hydrogen-bond donors (Lipinski definition) is 0. The SMILES string of the molecule is CC(C)P(=O)(Cl)c1ccccc1. The predicted octanol–water partition coefficient (Wildman–Crippen LogP) is 3.24. The van der Waals surface area contributed by atoms with Gasteiger partial charge < -0.3 is 4.57 Å². The minimum absolute atomic E-state index is 0.00145.